The number of halogens is 6. The smallest absolute Gasteiger partial charge is 0.475 e. The number of benzene rings is 2. The molecule has 41 heavy (non-hydrogen) atoms. The molecular formula is C24H25F6N3O7S. The van der Waals surface area contributed by atoms with Crippen molar-refractivity contribution in [1.82, 2.24) is 14.2 Å². The van der Waals surface area contributed by atoms with Crippen molar-refractivity contribution in [3.8, 4) is 0 Å². The van der Waals surface area contributed by atoms with E-state index in [1.807, 2.05) is 24.3 Å². The van der Waals surface area contributed by atoms with Crippen LogP contribution in [0.2, 0.25) is 0 Å². The van der Waals surface area contributed by atoms with E-state index in [1.54, 1.807) is 36.5 Å². The molecule has 1 aliphatic rings. The zero-order valence-electron chi connectivity index (χ0n) is 20.9. The standard InChI is InChI=1S/C20H23N3O3S.2C2HF3O2/c24-15-17-14-22(12-10-21-17)13-16-5-4-8-20-19(16)9-11-23(20)27(25,26)18-6-2-1-3-7-18;2*3-2(4,5)1(6)7/h1-9,11,17,21,24H,10,12-15H2;2*(H,6,7). The normalized spacial score (nSPS) is 16.2. The quantitative estimate of drug-likeness (QED) is 0.319. The first kappa shape index (κ1) is 33.5. The lowest BCUT2D eigenvalue weighted by Gasteiger charge is -2.32. The highest BCUT2D eigenvalue weighted by Crippen LogP contribution is 2.26. The highest BCUT2D eigenvalue weighted by molar-refractivity contribution is 7.90. The molecule has 1 fully saturated rings. The molecule has 3 aromatic rings. The molecule has 1 saturated heterocycles. The minimum Gasteiger partial charge on any atom is -0.475 e. The Balaban J connectivity index is 0.000000349. The van der Waals surface area contributed by atoms with Crippen LogP contribution in [0.4, 0.5) is 26.3 Å². The summed E-state index contributed by atoms with van der Waals surface area (Å²) in [5, 5.41) is 27.9. The highest BCUT2D eigenvalue weighted by atomic mass is 32.2. The third kappa shape index (κ3) is 9.44. The first-order valence-electron chi connectivity index (χ1n) is 11.5. The predicted octanol–water partition coefficient (Wildman–Crippen LogP) is 2.91. The molecular weight excluding hydrogens is 588 g/mol. The van der Waals surface area contributed by atoms with Gasteiger partial charge in [0.2, 0.25) is 0 Å². The molecule has 1 atom stereocenters. The maximum atomic E-state index is 13.0. The van der Waals surface area contributed by atoms with Gasteiger partial charge in [-0.1, -0.05) is 30.3 Å². The van der Waals surface area contributed by atoms with Crippen molar-refractivity contribution < 1.29 is 59.7 Å². The van der Waals surface area contributed by atoms with E-state index < -0.39 is 34.3 Å². The monoisotopic (exact) mass is 613 g/mol. The fraction of sp³-hybridized carbons (Fsp3) is 0.333. The van der Waals surface area contributed by atoms with E-state index in [0.29, 0.717) is 5.52 Å². The maximum absolute atomic E-state index is 13.0. The van der Waals surface area contributed by atoms with E-state index in [2.05, 4.69) is 10.2 Å². The number of alkyl halides is 6. The van der Waals surface area contributed by atoms with Crippen LogP contribution in [0.3, 0.4) is 0 Å². The fourth-order valence-corrected chi connectivity index (χ4v) is 5.03. The lowest BCUT2D eigenvalue weighted by atomic mass is 10.1. The number of aromatic nitrogens is 1. The van der Waals surface area contributed by atoms with E-state index in [4.69, 9.17) is 19.8 Å². The highest BCUT2D eigenvalue weighted by Gasteiger charge is 2.38. The van der Waals surface area contributed by atoms with Crippen molar-refractivity contribution in [3.63, 3.8) is 0 Å². The van der Waals surface area contributed by atoms with Gasteiger partial charge in [0.05, 0.1) is 17.0 Å². The van der Waals surface area contributed by atoms with Crippen molar-refractivity contribution >= 4 is 32.9 Å². The zero-order chi connectivity index (χ0) is 31.0. The minimum absolute atomic E-state index is 0.0843. The number of hydrogen-bond donors (Lipinski definition) is 4. The molecule has 0 saturated carbocycles. The number of aliphatic hydroxyl groups excluding tert-OH is 1. The molecule has 2 aromatic carbocycles. The van der Waals surface area contributed by atoms with E-state index >= 15 is 0 Å². The van der Waals surface area contributed by atoms with E-state index in [1.165, 1.54) is 3.97 Å². The summed E-state index contributed by atoms with van der Waals surface area (Å²) in [7, 11) is -3.62. The number of nitrogens with zero attached hydrogens (tertiary/aromatic N) is 2. The average Bonchev–Trinajstić information content (AvgIpc) is 3.35. The predicted molar refractivity (Wildman–Crippen MR) is 132 cm³/mol. The Bertz CT molecular complexity index is 1400. The summed E-state index contributed by atoms with van der Waals surface area (Å²) in [5.74, 6) is -5.51. The topological polar surface area (TPSA) is 149 Å². The minimum atomic E-state index is -5.08. The van der Waals surface area contributed by atoms with E-state index in [-0.39, 0.29) is 17.5 Å². The van der Waals surface area contributed by atoms with Gasteiger partial charge in [-0.25, -0.2) is 22.0 Å². The Labute approximate surface area is 229 Å². The number of fused-ring (bicyclic) bond motifs is 1. The third-order valence-electron chi connectivity index (χ3n) is 5.53. The molecule has 1 aliphatic heterocycles. The first-order chi connectivity index (χ1) is 19.0. The van der Waals surface area contributed by atoms with Gasteiger partial charge in [-0.3, -0.25) is 4.90 Å². The second-order valence-electron chi connectivity index (χ2n) is 8.45. The molecule has 226 valence electrons. The summed E-state index contributed by atoms with van der Waals surface area (Å²) in [6.07, 6.45) is -8.54. The molecule has 4 rings (SSSR count). The molecule has 2 heterocycles. The van der Waals surface area contributed by atoms with Crippen molar-refractivity contribution in [1.29, 1.82) is 0 Å². The summed E-state index contributed by atoms with van der Waals surface area (Å²) >= 11 is 0. The fourth-order valence-electron chi connectivity index (χ4n) is 3.66. The van der Waals surface area contributed by atoms with Gasteiger partial charge in [-0.2, -0.15) is 26.3 Å². The summed E-state index contributed by atoms with van der Waals surface area (Å²) in [6, 6.07) is 16.2. The number of hydrogen-bond acceptors (Lipinski definition) is 7. The van der Waals surface area contributed by atoms with Gasteiger partial charge in [0.25, 0.3) is 10.0 Å². The van der Waals surface area contributed by atoms with Crippen LogP contribution in [0, 0.1) is 0 Å². The molecule has 17 heteroatoms. The van der Waals surface area contributed by atoms with Gasteiger partial charge >= 0.3 is 24.3 Å². The Morgan fingerprint density at radius 3 is 1.98 bits per heavy atom. The number of carbonyl (C=O) groups is 2. The molecule has 1 unspecified atom stereocenters. The third-order valence-corrected chi connectivity index (χ3v) is 7.23. The van der Waals surface area contributed by atoms with Crippen molar-refractivity contribution in [3.05, 3.63) is 66.4 Å². The molecule has 0 radical (unpaired) electrons. The van der Waals surface area contributed by atoms with Crippen molar-refractivity contribution in [2.24, 2.45) is 0 Å². The van der Waals surface area contributed by atoms with Gasteiger partial charge in [0.1, 0.15) is 0 Å². The summed E-state index contributed by atoms with van der Waals surface area (Å²) in [6.45, 7) is 3.35. The second-order valence-corrected chi connectivity index (χ2v) is 10.3. The molecule has 10 nitrogen and oxygen atoms in total. The SMILES string of the molecule is O=C(O)C(F)(F)F.O=C(O)C(F)(F)F.O=S(=O)(c1ccccc1)n1ccc2c(CN3CCNC(CO)C3)cccc21. The van der Waals surface area contributed by atoms with Crippen LogP contribution in [-0.4, -0.2) is 89.2 Å². The molecule has 1 aromatic heterocycles. The Kier molecular flexibility index (Phi) is 11.3. The summed E-state index contributed by atoms with van der Waals surface area (Å²) in [5.41, 5.74) is 1.78. The van der Waals surface area contributed by atoms with Gasteiger partial charge in [-0.05, 0) is 29.8 Å². The molecule has 4 N–H and O–H groups in total. The van der Waals surface area contributed by atoms with E-state index in [9.17, 15) is 39.9 Å². The Hall–Kier alpha value is -3.67. The first-order valence-corrected chi connectivity index (χ1v) is 13.0. The van der Waals surface area contributed by atoms with Gasteiger partial charge in [0, 0.05) is 43.8 Å². The number of rotatable bonds is 5. The van der Waals surface area contributed by atoms with Crippen molar-refractivity contribution in [2.45, 2.75) is 29.8 Å². The van der Waals surface area contributed by atoms with Crippen molar-refractivity contribution in [2.75, 3.05) is 26.2 Å². The van der Waals surface area contributed by atoms with Crippen LogP contribution < -0.4 is 5.32 Å². The zero-order valence-corrected chi connectivity index (χ0v) is 21.7. The van der Waals surface area contributed by atoms with Gasteiger partial charge < -0.3 is 20.6 Å². The van der Waals surface area contributed by atoms with Crippen LogP contribution in [0.25, 0.3) is 10.9 Å². The molecule has 0 spiro atoms. The number of piperazine rings is 1. The molecule has 0 bridgehead atoms. The lowest BCUT2D eigenvalue weighted by Crippen LogP contribution is -2.51. The number of nitrogens with one attached hydrogen (secondary N) is 1. The van der Waals surface area contributed by atoms with E-state index in [0.717, 1.165) is 37.1 Å². The van der Waals surface area contributed by atoms with Crippen LogP contribution in [-0.2, 0) is 26.2 Å². The van der Waals surface area contributed by atoms with Gasteiger partial charge in [-0.15, -0.1) is 0 Å². The van der Waals surface area contributed by atoms with Crippen LogP contribution in [0.1, 0.15) is 5.56 Å². The largest absolute Gasteiger partial charge is 0.490 e. The number of aliphatic hydroxyl groups is 1. The van der Waals surface area contributed by atoms with Crippen LogP contribution in [0.5, 0.6) is 0 Å². The average molecular weight is 614 g/mol. The molecule has 0 amide bonds. The van der Waals surface area contributed by atoms with Crippen LogP contribution in [0.15, 0.2) is 65.7 Å². The Morgan fingerprint density at radius 1 is 0.902 bits per heavy atom. The summed E-state index contributed by atoms with van der Waals surface area (Å²) < 4.78 is 90.8. The number of carboxylic acids is 2. The van der Waals surface area contributed by atoms with Crippen LogP contribution >= 0.6 is 0 Å². The summed E-state index contributed by atoms with van der Waals surface area (Å²) in [4.78, 5) is 20.4. The number of carboxylic acid groups (broad SMARTS) is 2. The van der Waals surface area contributed by atoms with Gasteiger partial charge in [0.15, 0.2) is 0 Å². The second kappa shape index (κ2) is 13.8. The maximum Gasteiger partial charge on any atom is 0.490 e. The number of aliphatic carboxylic acids is 2. The Morgan fingerprint density at radius 2 is 1.46 bits per heavy atom. The molecule has 0 aliphatic carbocycles. The lowest BCUT2D eigenvalue weighted by molar-refractivity contribution is -0.193.